The summed E-state index contributed by atoms with van der Waals surface area (Å²) in [5.74, 6) is 0.688. The summed E-state index contributed by atoms with van der Waals surface area (Å²) in [7, 11) is 0. The molecule has 0 aliphatic carbocycles. The Kier molecular flexibility index (Phi) is 4.17. The van der Waals surface area contributed by atoms with Crippen molar-refractivity contribution in [2.75, 3.05) is 19.6 Å². The second-order valence-electron chi connectivity index (χ2n) is 7.32. The molecule has 5 rings (SSSR count). The van der Waals surface area contributed by atoms with E-state index in [1.54, 1.807) is 6.07 Å². The summed E-state index contributed by atoms with van der Waals surface area (Å²) in [6.45, 7) is 4.09. The number of hydrogen-bond donors (Lipinski definition) is 0. The van der Waals surface area contributed by atoms with Crippen LogP contribution in [-0.4, -0.2) is 38.5 Å². The highest BCUT2D eigenvalue weighted by molar-refractivity contribution is 5.81. The van der Waals surface area contributed by atoms with Crippen LogP contribution >= 0.6 is 0 Å². The third-order valence-corrected chi connectivity index (χ3v) is 5.60. The second-order valence-corrected chi connectivity index (χ2v) is 7.32. The lowest BCUT2D eigenvalue weighted by Crippen LogP contribution is -2.32. The highest BCUT2D eigenvalue weighted by Crippen LogP contribution is 2.28. The van der Waals surface area contributed by atoms with E-state index in [-0.39, 0.29) is 5.82 Å². The molecule has 3 heterocycles. The topological polar surface area (TPSA) is 25.5 Å². The molecule has 0 radical (unpaired) electrons. The van der Waals surface area contributed by atoms with Crippen molar-refractivity contribution in [2.24, 2.45) is 0 Å². The fourth-order valence-electron chi connectivity index (χ4n) is 4.18. The predicted octanol–water partition coefficient (Wildman–Crippen LogP) is 4.58. The average molecular weight is 362 g/mol. The molecule has 0 saturated carbocycles. The largest absolute Gasteiger partial charge is 0.308 e. The van der Waals surface area contributed by atoms with Gasteiger partial charge in [-0.3, -0.25) is 4.40 Å². The van der Waals surface area contributed by atoms with Gasteiger partial charge in [0.15, 0.2) is 0 Å². The van der Waals surface area contributed by atoms with Crippen LogP contribution in [0.25, 0.3) is 28.1 Å². The number of nitrogens with zero attached hydrogens (tertiary/aromatic N) is 4. The summed E-state index contributed by atoms with van der Waals surface area (Å²) >= 11 is 0. The Balaban J connectivity index is 1.62. The molecule has 0 unspecified atom stereocenters. The van der Waals surface area contributed by atoms with Crippen molar-refractivity contribution in [1.82, 2.24) is 18.9 Å². The number of rotatable bonds is 4. The lowest BCUT2D eigenvalue weighted by Gasteiger charge is -2.26. The van der Waals surface area contributed by atoms with Crippen molar-refractivity contribution in [3.63, 3.8) is 0 Å². The number of piperidine rings is 1. The molecule has 0 N–H and O–H groups in total. The summed E-state index contributed by atoms with van der Waals surface area (Å²) in [5, 5.41) is 0. The van der Waals surface area contributed by atoms with Gasteiger partial charge in [0.1, 0.15) is 5.82 Å². The van der Waals surface area contributed by atoms with Crippen molar-refractivity contribution in [3.05, 3.63) is 60.5 Å². The number of benzene rings is 2. The molecular weight excluding hydrogens is 339 g/mol. The summed E-state index contributed by atoms with van der Waals surface area (Å²) in [6, 6.07) is 15.1. The van der Waals surface area contributed by atoms with Gasteiger partial charge in [0.25, 0.3) is 0 Å². The first-order valence-electron chi connectivity index (χ1n) is 9.75. The third-order valence-electron chi connectivity index (χ3n) is 5.60. The van der Waals surface area contributed by atoms with E-state index >= 15 is 0 Å². The van der Waals surface area contributed by atoms with Gasteiger partial charge >= 0.3 is 0 Å². The number of likely N-dealkylation sites (tertiary alicyclic amines) is 1. The van der Waals surface area contributed by atoms with Crippen molar-refractivity contribution in [3.8, 4) is 11.3 Å². The van der Waals surface area contributed by atoms with Crippen LogP contribution in [0.5, 0.6) is 0 Å². The smallest absolute Gasteiger partial charge is 0.215 e. The maximum atomic E-state index is 14.5. The van der Waals surface area contributed by atoms with Gasteiger partial charge in [-0.1, -0.05) is 30.7 Å². The molecule has 0 spiro atoms. The molecule has 2 aromatic heterocycles. The SMILES string of the molecule is Fc1ccccc1-c1cn2c3ccccc3nc2n1CCN1CCCCC1. The van der Waals surface area contributed by atoms with Crippen LogP contribution in [0.2, 0.25) is 0 Å². The number of para-hydroxylation sites is 2. The predicted molar refractivity (Wildman–Crippen MR) is 106 cm³/mol. The molecule has 1 fully saturated rings. The number of aromatic nitrogens is 3. The Morgan fingerprint density at radius 2 is 1.67 bits per heavy atom. The first-order valence-corrected chi connectivity index (χ1v) is 9.75. The summed E-state index contributed by atoms with van der Waals surface area (Å²) < 4.78 is 18.8. The minimum absolute atomic E-state index is 0.193. The number of hydrogen-bond acceptors (Lipinski definition) is 2. The van der Waals surface area contributed by atoms with Gasteiger partial charge in [-0.25, -0.2) is 9.37 Å². The molecule has 4 aromatic rings. The zero-order valence-electron chi connectivity index (χ0n) is 15.3. The van der Waals surface area contributed by atoms with Gasteiger partial charge in [-0.15, -0.1) is 0 Å². The van der Waals surface area contributed by atoms with E-state index in [2.05, 4.69) is 19.9 Å². The van der Waals surface area contributed by atoms with Crippen LogP contribution in [0.15, 0.2) is 54.7 Å². The number of fused-ring (bicyclic) bond motifs is 3. The van der Waals surface area contributed by atoms with Crippen molar-refractivity contribution in [1.29, 1.82) is 0 Å². The molecule has 1 aliphatic heterocycles. The van der Waals surface area contributed by atoms with Crippen LogP contribution in [0.1, 0.15) is 19.3 Å². The van der Waals surface area contributed by atoms with Crippen LogP contribution < -0.4 is 0 Å². The van der Waals surface area contributed by atoms with Gasteiger partial charge in [-0.05, 0) is 50.2 Å². The molecule has 4 nitrogen and oxygen atoms in total. The molecule has 138 valence electrons. The Morgan fingerprint density at radius 3 is 2.52 bits per heavy atom. The van der Waals surface area contributed by atoms with Gasteiger partial charge in [0.05, 0.1) is 16.7 Å². The first kappa shape index (κ1) is 16.5. The van der Waals surface area contributed by atoms with Gasteiger partial charge in [0, 0.05) is 24.8 Å². The normalized spacial score (nSPS) is 15.7. The Labute approximate surface area is 157 Å². The summed E-state index contributed by atoms with van der Waals surface area (Å²) in [6.07, 6.45) is 5.90. The van der Waals surface area contributed by atoms with E-state index in [1.807, 2.05) is 36.5 Å². The third kappa shape index (κ3) is 2.92. The highest BCUT2D eigenvalue weighted by atomic mass is 19.1. The maximum Gasteiger partial charge on any atom is 0.215 e. The average Bonchev–Trinajstić information content (AvgIpc) is 3.24. The lowest BCUT2D eigenvalue weighted by molar-refractivity contribution is 0.222. The van der Waals surface area contributed by atoms with Crippen molar-refractivity contribution < 1.29 is 4.39 Å². The Bertz CT molecular complexity index is 1090. The fraction of sp³-hybridized carbons (Fsp3) is 0.318. The molecule has 27 heavy (non-hydrogen) atoms. The molecule has 0 bridgehead atoms. The maximum absolute atomic E-state index is 14.5. The standard InChI is InChI=1S/C22H23FN4/c23-18-9-3-2-8-17(18)21-16-27-20-11-5-4-10-19(20)24-22(27)26(21)15-14-25-12-6-1-7-13-25/h2-5,8-11,16H,1,6-7,12-15H2. The lowest BCUT2D eigenvalue weighted by atomic mass is 10.1. The number of halogens is 1. The monoisotopic (exact) mass is 362 g/mol. The minimum Gasteiger partial charge on any atom is -0.308 e. The van der Waals surface area contributed by atoms with Crippen LogP contribution in [-0.2, 0) is 6.54 Å². The molecule has 0 atom stereocenters. The molecule has 0 amide bonds. The summed E-state index contributed by atoms with van der Waals surface area (Å²) in [5.41, 5.74) is 3.55. The Hall–Kier alpha value is -2.66. The van der Waals surface area contributed by atoms with E-state index in [1.165, 1.54) is 25.3 Å². The highest BCUT2D eigenvalue weighted by Gasteiger charge is 2.18. The second kappa shape index (κ2) is 6.82. The molecule has 2 aromatic carbocycles. The van der Waals surface area contributed by atoms with Crippen molar-refractivity contribution >= 4 is 16.8 Å². The van der Waals surface area contributed by atoms with E-state index in [9.17, 15) is 4.39 Å². The van der Waals surface area contributed by atoms with E-state index in [0.717, 1.165) is 48.7 Å². The van der Waals surface area contributed by atoms with Gasteiger partial charge in [0.2, 0.25) is 5.78 Å². The first-order chi connectivity index (χ1) is 13.3. The fourth-order valence-corrected chi connectivity index (χ4v) is 4.18. The zero-order valence-corrected chi connectivity index (χ0v) is 15.3. The molecule has 1 aliphatic rings. The van der Waals surface area contributed by atoms with Gasteiger partial charge in [-0.2, -0.15) is 0 Å². The van der Waals surface area contributed by atoms with Gasteiger partial charge < -0.3 is 9.47 Å². The zero-order chi connectivity index (χ0) is 18.2. The minimum atomic E-state index is -0.193. The quantitative estimate of drug-likeness (QED) is 0.531. The Morgan fingerprint density at radius 1 is 0.889 bits per heavy atom. The summed E-state index contributed by atoms with van der Waals surface area (Å²) in [4.78, 5) is 7.35. The number of imidazole rings is 2. The van der Waals surface area contributed by atoms with E-state index in [0.29, 0.717) is 5.56 Å². The van der Waals surface area contributed by atoms with E-state index < -0.39 is 0 Å². The van der Waals surface area contributed by atoms with E-state index in [4.69, 9.17) is 4.98 Å². The van der Waals surface area contributed by atoms with Crippen LogP contribution in [0.4, 0.5) is 4.39 Å². The molecule has 5 heteroatoms. The van der Waals surface area contributed by atoms with Crippen LogP contribution in [0, 0.1) is 5.82 Å². The van der Waals surface area contributed by atoms with Crippen molar-refractivity contribution in [2.45, 2.75) is 25.8 Å². The molecular formula is C22H23FN4. The molecule has 1 saturated heterocycles. The van der Waals surface area contributed by atoms with Crippen LogP contribution in [0.3, 0.4) is 0 Å².